The third-order valence-corrected chi connectivity index (χ3v) is 7.91. The van der Waals surface area contributed by atoms with Gasteiger partial charge in [-0.25, -0.2) is 0 Å². The van der Waals surface area contributed by atoms with E-state index < -0.39 is 0 Å². The predicted octanol–water partition coefficient (Wildman–Crippen LogP) is 12.2. The molecule has 0 fully saturated rings. The molecule has 0 aliphatic heterocycles. The van der Waals surface area contributed by atoms with E-state index in [1.165, 1.54) is 173 Å². The second-order valence-electron chi connectivity index (χ2n) is 10.8. The molecule has 0 spiro atoms. The lowest BCUT2D eigenvalue weighted by molar-refractivity contribution is 0.520. The summed E-state index contributed by atoms with van der Waals surface area (Å²) in [5.74, 6) is 0. The van der Waals surface area contributed by atoms with E-state index in [1.54, 1.807) is 0 Å². The first-order valence-corrected chi connectivity index (χ1v) is 16.9. The summed E-state index contributed by atoms with van der Waals surface area (Å²) in [7, 11) is 3.75. The Labute approximate surface area is 226 Å². The van der Waals surface area contributed by atoms with E-state index in [0.29, 0.717) is 0 Å². The van der Waals surface area contributed by atoms with Gasteiger partial charge in [0.1, 0.15) is 0 Å². The van der Waals surface area contributed by atoms with Gasteiger partial charge in [-0.05, 0) is 26.9 Å². The number of alkyl halides is 1. The van der Waals surface area contributed by atoms with Crippen LogP contribution in [0.25, 0.3) is 0 Å². The highest BCUT2D eigenvalue weighted by atomic mass is 79.9. The molecule has 0 aromatic rings. The molecule has 0 saturated carbocycles. The van der Waals surface area contributed by atoms with E-state index in [9.17, 15) is 0 Å². The maximum absolute atomic E-state index is 3.94. The van der Waals surface area contributed by atoms with Crippen LogP contribution in [-0.4, -0.2) is 18.9 Å². The van der Waals surface area contributed by atoms with Gasteiger partial charge in [0.05, 0.1) is 0 Å². The first-order chi connectivity index (χ1) is 16.7. The average Bonchev–Trinajstić information content (AvgIpc) is 2.83. The van der Waals surface area contributed by atoms with Crippen LogP contribution in [0.1, 0.15) is 187 Å². The van der Waals surface area contributed by atoms with Gasteiger partial charge in [-0.3, -0.25) is 0 Å². The van der Waals surface area contributed by atoms with Crippen molar-refractivity contribution in [1.82, 2.24) is 5.32 Å². The van der Waals surface area contributed by atoms with Crippen LogP contribution >= 0.6 is 15.9 Å². The zero-order valence-electron chi connectivity index (χ0n) is 24.5. The first kappa shape index (κ1) is 36.6. The highest BCUT2D eigenvalue weighted by Crippen LogP contribution is 2.20. The quantitative estimate of drug-likeness (QED) is 0.0798. The second kappa shape index (κ2) is 35.6. The topological polar surface area (TPSA) is 12.0 Å². The lowest BCUT2D eigenvalue weighted by Gasteiger charge is -2.09. The lowest BCUT2D eigenvalue weighted by atomic mass is 10.0. The molecule has 0 bridgehead atoms. The van der Waals surface area contributed by atoms with Gasteiger partial charge in [-0.1, -0.05) is 190 Å². The Hall–Kier alpha value is 0.440. The van der Waals surface area contributed by atoms with E-state index >= 15 is 0 Å². The summed E-state index contributed by atoms with van der Waals surface area (Å²) in [5, 5.41) is 2.75. The summed E-state index contributed by atoms with van der Waals surface area (Å²) in [6, 6.07) is 0. The monoisotopic (exact) mass is 545 g/mol. The van der Waals surface area contributed by atoms with Gasteiger partial charge in [-0.15, -0.1) is 0 Å². The van der Waals surface area contributed by atoms with Crippen LogP contribution in [0.15, 0.2) is 0 Å². The van der Waals surface area contributed by atoms with E-state index in [2.05, 4.69) is 35.1 Å². The van der Waals surface area contributed by atoms with Crippen LogP contribution in [0.3, 0.4) is 0 Å². The van der Waals surface area contributed by atoms with E-state index in [4.69, 9.17) is 0 Å². The molecule has 1 unspecified atom stereocenters. The molecule has 0 aromatic carbocycles. The maximum Gasteiger partial charge on any atom is 0.0145 e. The van der Waals surface area contributed by atoms with Crippen LogP contribution in [0.5, 0.6) is 0 Å². The second-order valence-corrected chi connectivity index (χ2v) is 12.1. The van der Waals surface area contributed by atoms with Gasteiger partial charge in [0.15, 0.2) is 0 Å². The van der Waals surface area contributed by atoms with Crippen LogP contribution in [-0.2, 0) is 0 Å². The molecule has 34 heavy (non-hydrogen) atoms. The molecule has 0 heterocycles. The van der Waals surface area contributed by atoms with Crippen molar-refractivity contribution in [3.05, 3.63) is 0 Å². The van der Waals surface area contributed by atoms with Crippen LogP contribution in [0.4, 0.5) is 0 Å². The SMILES string of the molecule is CCCCCCCCCCCCCCCCCC(Br)CCCCCCCCCCCC.CNC. The normalized spacial score (nSPS) is 11.9. The molecule has 0 saturated heterocycles. The zero-order chi connectivity index (χ0) is 25.4. The Bertz CT molecular complexity index is 320. The Morgan fingerprint density at radius 2 is 0.559 bits per heavy atom. The summed E-state index contributed by atoms with van der Waals surface area (Å²) < 4.78 is 0. The van der Waals surface area contributed by atoms with Crippen molar-refractivity contribution in [3.63, 3.8) is 0 Å². The first-order valence-electron chi connectivity index (χ1n) is 15.9. The molecular weight excluding hydrogens is 478 g/mol. The third kappa shape index (κ3) is 37.0. The molecule has 1 nitrogen and oxygen atoms in total. The largest absolute Gasteiger partial charge is 0.323 e. The van der Waals surface area contributed by atoms with Gasteiger partial charge >= 0.3 is 0 Å². The van der Waals surface area contributed by atoms with Gasteiger partial charge in [0.2, 0.25) is 0 Å². The Morgan fingerprint density at radius 1 is 0.382 bits per heavy atom. The standard InChI is InChI=1S/C30H61Br.C2H7N/c1-3-5-7-9-11-13-15-16-17-18-19-21-23-25-27-29-30(31)28-26-24-22-20-14-12-10-8-6-4-2;1-3-2/h30H,3-29H2,1-2H3;3H,1-2H3. The third-order valence-electron chi connectivity index (χ3n) is 6.99. The van der Waals surface area contributed by atoms with Gasteiger partial charge in [0, 0.05) is 4.83 Å². The summed E-state index contributed by atoms with van der Waals surface area (Å²) in [5.41, 5.74) is 0. The Morgan fingerprint density at radius 3 is 0.765 bits per heavy atom. The molecule has 1 N–H and O–H groups in total. The molecule has 2 heteroatoms. The van der Waals surface area contributed by atoms with Crippen molar-refractivity contribution in [2.24, 2.45) is 0 Å². The summed E-state index contributed by atoms with van der Waals surface area (Å²) in [6.07, 6.45) is 39.3. The number of rotatable bonds is 27. The summed E-state index contributed by atoms with van der Waals surface area (Å²) in [4.78, 5) is 0.781. The number of hydrogen-bond acceptors (Lipinski definition) is 1. The molecule has 208 valence electrons. The fraction of sp³-hybridized carbons (Fsp3) is 1.00. The number of halogens is 1. The van der Waals surface area contributed by atoms with E-state index in [1.807, 2.05) is 14.1 Å². The van der Waals surface area contributed by atoms with Crippen LogP contribution in [0.2, 0.25) is 0 Å². The molecule has 0 radical (unpaired) electrons. The maximum atomic E-state index is 3.94. The van der Waals surface area contributed by atoms with Crippen molar-refractivity contribution in [2.45, 2.75) is 192 Å². The van der Waals surface area contributed by atoms with E-state index in [-0.39, 0.29) is 0 Å². The minimum atomic E-state index is 0.781. The smallest absolute Gasteiger partial charge is 0.0145 e. The predicted molar refractivity (Wildman–Crippen MR) is 164 cm³/mol. The molecular formula is C32H68BrN. The molecule has 0 rings (SSSR count). The highest BCUT2D eigenvalue weighted by molar-refractivity contribution is 9.09. The van der Waals surface area contributed by atoms with Gasteiger partial charge < -0.3 is 5.32 Å². The number of unbranched alkanes of at least 4 members (excludes halogenated alkanes) is 23. The van der Waals surface area contributed by atoms with Crippen molar-refractivity contribution >= 4 is 15.9 Å². The average molecular weight is 547 g/mol. The van der Waals surface area contributed by atoms with Crippen molar-refractivity contribution in [2.75, 3.05) is 14.1 Å². The zero-order valence-corrected chi connectivity index (χ0v) is 26.1. The van der Waals surface area contributed by atoms with Gasteiger partial charge in [0.25, 0.3) is 0 Å². The van der Waals surface area contributed by atoms with Crippen molar-refractivity contribution in [1.29, 1.82) is 0 Å². The van der Waals surface area contributed by atoms with Crippen molar-refractivity contribution < 1.29 is 0 Å². The van der Waals surface area contributed by atoms with Crippen molar-refractivity contribution in [3.8, 4) is 0 Å². The van der Waals surface area contributed by atoms with Gasteiger partial charge in [-0.2, -0.15) is 0 Å². The summed E-state index contributed by atoms with van der Waals surface area (Å²) >= 11 is 3.94. The molecule has 0 amide bonds. The molecule has 0 aliphatic carbocycles. The van der Waals surface area contributed by atoms with Crippen LogP contribution in [0, 0.1) is 0 Å². The highest BCUT2D eigenvalue weighted by Gasteiger charge is 2.04. The number of nitrogens with one attached hydrogen (secondary N) is 1. The number of hydrogen-bond donors (Lipinski definition) is 1. The minimum absolute atomic E-state index is 0.781. The Kier molecular flexibility index (Phi) is 38.3. The Balaban J connectivity index is 0. The fourth-order valence-electron chi connectivity index (χ4n) is 4.73. The molecule has 1 atom stereocenters. The molecule has 0 aliphatic rings. The summed E-state index contributed by atoms with van der Waals surface area (Å²) in [6.45, 7) is 4.61. The lowest BCUT2D eigenvalue weighted by Crippen LogP contribution is -1.97. The minimum Gasteiger partial charge on any atom is -0.323 e. The van der Waals surface area contributed by atoms with Crippen LogP contribution < -0.4 is 5.32 Å². The van der Waals surface area contributed by atoms with E-state index in [0.717, 1.165) is 4.83 Å². The fourth-order valence-corrected chi connectivity index (χ4v) is 5.38. The molecule has 0 aromatic heterocycles.